The topological polar surface area (TPSA) is 82.1 Å². The van der Waals surface area contributed by atoms with E-state index in [1.54, 1.807) is 20.8 Å². The van der Waals surface area contributed by atoms with Crippen molar-refractivity contribution in [2.45, 2.75) is 40.0 Å². The Kier molecular flexibility index (Phi) is 12.1. The van der Waals surface area contributed by atoms with Gasteiger partial charge in [-0.1, -0.05) is 0 Å². The van der Waals surface area contributed by atoms with E-state index < -0.39 is 0 Å². The summed E-state index contributed by atoms with van der Waals surface area (Å²) in [5.41, 5.74) is 0. The molecule has 0 atom stereocenters. The van der Waals surface area contributed by atoms with Gasteiger partial charge in [-0.15, -0.1) is 0 Å². The molecule has 0 aromatic carbocycles. The van der Waals surface area contributed by atoms with Crippen LogP contribution in [0.2, 0.25) is 0 Å². The van der Waals surface area contributed by atoms with Gasteiger partial charge in [0.15, 0.2) is 0 Å². The molecule has 0 fully saturated rings. The molecule has 0 N–H and O–H groups in total. The van der Waals surface area contributed by atoms with Crippen LogP contribution >= 0.6 is 0 Å². The third-order valence-electron chi connectivity index (χ3n) is 2.81. The molecule has 128 valence electrons. The molecule has 7 heteroatoms. The van der Waals surface area contributed by atoms with Crippen LogP contribution in [0.5, 0.6) is 0 Å². The summed E-state index contributed by atoms with van der Waals surface area (Å²) in [5.74, 6) is -0.876. The molecule has 0 aliphatic rings. The molecule has 0 unspecified atom stereocenters. The predicted octanol–water partition coefficient (Wildman–Crippen LogP) is 1.15. The Balaban J connectivity index is 4.26. The van der Waals surface area contributed by atoms with Crippen molar-refractivity contribution in [1.29, 1.82) is 0 Å². The Hall–Kier alpha value is -1.63. The molecule has 0 aromatic heterocycles. The number of carbonyl (C=O) groups is 3. The van der Waals surface area contributed by atoms with Crippen molar-refractivity contribution in [2.24, 2.45) is 0 Å². The molecule has 0 bridgehead atoms. The Labute approximate surface area is 131 Å². The van der Waals surface area contributed by atoms with Crippen LogP contribution in [0.25, 0.3) is 0 Å². The van der Waals surface area contributed by atoms with Crippen LogP contribution in [-0.2, 0) is 28.6 Å². The van der Waals surface area contributed by atoms with Gasteiger partial charge in [0.1, 0.15) is 0 Å². The molecular formula is C15H27NO6. The number of hydrogen-bond acceptors (Lipinski definition) is 7. The molecule has 0 rings (SSSR count). The van der Waals surface area contributed by atoms with Gasteiger partial charge >= 0.3 is 17.9 Å². The molecule has 7 nitrogen and oxygen atoms in total. The van der Waals surface area contributed by atoms with E-state index in [0.29, 0.717) is 39.5 Å². The lowest BCUT2D eigenvalue weighted by atomic mass is 10.3. The van der Waals surface area contributed by atoms with E-state index in [4.69, 9.17) is 14.2 Å². The van der Waals surface area contributed by atoms with Crippen molar-refractivity contribution in [2.75, 3.05) is 39.5 Å². The van der Waals surface area contributed by atoms with E-state index in [9.17, 15) is 14.4 Å². The third kappa shape index (κ3) is 11.1. The van der Waals surface area contributed by atoms with E-state index in [1.165, 1.54) is 0 Å². The third-order valence-corrected chi connectivity index (χ3v) is 2.81. The molecule has 0 heterocycles. The summed E-state index contributed by atoms with van der Waals surface area (Å²) in [4.78, 5) is 36.1. The van der Waals surface area contributed by atoms with Gasteiger partial charge < -0.3 is 19.1 Å². The highest BCUT2D eigenvalue weighted by Crippen LogP contribution is 2.01. The van der Waals surface area contributed by atoms with Crippen LogP contribution < -0.4 is 0 Å². The zero-order valence-electron chi connectivity index (χ0n) is 13.8. The quantitative estimate of drug-likeness (QED) is 0.394. The zero-order valence-corrected chi connectivity index (χ0v) is 13.8. The minimum absolute atomic E-state index is 0.222. The van der Waals surface area contributed by atoms with Crippen LogP contribution in [0, 0.1) is 0 Å². The van der Waals surface area contributed by atoms with Crippen molar-refractivity contribution < 1.29 is 28.6 Å². The number of hydrogen-bond donors (Lipinski definition) is 0. The number of nitrogens with zero attached hydrogens (tertiary/aromatic N) is 1. The van der Waals surface area contributed by atoms with Gasteiger partial charge in [0.05, 0.1) is 39.1 Å². The SMILES string of the molecule is CCOC(=O)CCN(CCC(=O)OCC)CCC(=O)OCC. The second-order valence-electron chi connectivity index (χ2n) is 4.51. The van der Waals surface area contributed by atoms with E-state index in [-0.39, 0.29) is 37.2 Å². The second-order valence-corrected chi connectivity index (χ2v) is 4.51. The molecule has 0 amide bonds. The average Bonchev–Trinajstić information content (AvgIpc) is 2.47. The maximum absolute atomic E-state index is 11.4. The number of ether oxygens (including phenoxy) is 3. The van der Waals surface area contributed by atoms with Gasteiger partial charge in [-0.05, 0) is 20.8 Å². The molecular weight excluding hydrogens is 290 g/mol. The van der Waals surface area contributed by atoms with Gasteiger partial charge in [-0.3, -0.25) is 14.4 Å². The highest BCUT2D eigenvalue weighted by Gasteiger charge is 2.13. The van der Waals surface area contributed by atoms with Gasteiger partial charge in [0, 0.05) is 19.6 Å². The van der Waals surface area contributed by atoms with Gasteiger partial charge in [0.2, 0.25) is 0 Å². The highest BCUT2D eigenvalue weighted by molar-refractivity contribution is 5.70. The Morgan fingerprint density at radius 3 is 1.14 bits per heavy atom. The number of carbonyl (C=O) groups excluding carboxylic acids is 3. The summed E-state index contributed by atoms with van der Waals surface area (Å²) >= 11 is 0. The minimum atomic E-state index is -0.292. The Bertz CT molecular complexity index is 293. The maximum Gasteiger partial charge on any atom is 0.307 e. The van der Waals surface area contributed by atoms with Crippen LogP contribution in [0.4, 0.5) is 0 Å². The fourth-order valence-corrected chi connectivity index (χ4v) is 1.78. The minimum Gasteiger partial charge on any atom is -0.466 e. The van der Waals surface area contributed by atoms with Crippen LogP contribution in [-0.4, -0.2) is 62.3 Å². The summed E-state index contributed by atoms with van der Waals surface area (Å²) in [6.45, 7) is 7.54. The van der Waals surface area contributed by atoms with Crippen molar-refractivity contribution in [3.05, 3.63) is 0 Å². The van der Waals surface area contributed by atoms with E-state index in [0.717, 1.165) is 0 Å². The molecule has 0 saturated carbocycles. The highest BCUT2D eigenvalue weighted by atomic mass is 16.5. The smallest absolute Gasteiger partial charge is 0.307 e. The Morgan fingerprint density at radius 2 is 0.909 bits per heavy atom. The maximum atomic E-state index is 11.4. The van der Waals surface area contributed by atoms with E-state index in [2.05, 4.69) is 0 Å². The fraction of sp³-hybridized carbons (Fsp3) is 0.800. The molecule has 0 saturated heterocycles. The zero-order chi connectivity index (χ0) is 16.8. The van der Waals surface area contributed by atoms with Gasteiger partial charge in [0.25, 0.3) is 0 Å². The summed E-state index contributed by atoms with van der Waals surface area (Å²) in [6, 6.07) is 0. The van der Waals surface area contributed by atoms with Crippen LogP contribution in [0.3, 0.4) is 0 Å². The monoisotopic (exact) mass is 317 g/mol. The molecule has 0 spiro atoms. The second kappa shape index (κ2) is 13.1. The van der Waals surface area contributed by atoms with Crippen LogP contribution in [0.15, 0.2) is 0 Å². The van der Waals surface area contributed by atoms with Crippen LogP contribution in [0.1, 0.15) is 40.0 Å². The lowest BCUT2D eigenvalue weighted by Gasteiger charge is -2.21. The summed E-state index contributed by atoms with van der Waals surface area (Å²) in [7, 11) is 0. The number of esters is 3. The van der Waals surface area contributed by atoms with Crippen molar-refractivity contribution in [3.63, 3.8) is 0 Å². The fourth-order valence-electron chi connectivity index (χ4n) is 1.78. The van der Waals surface area contributed by atoms with Crippen molar-refractivity contribution in [1.82, 2.24) is 4.90 Å². The standard InChI is InChI=1S/C15H27NO6/c1-4-20-13(17)7-10-16(11-8-14(18)21-5-2)12-9-15(19)22-6-3/h4-12H2,1-3H3. The summed E-state index contributed by atoms with van der Waals surface area (Å²) in [6.07, 6.45) is 0.665. The first-order valence-electron chi connectivity index (χ1n) is 7.72. The molecule has 0 aromatic rings. The van der Waals surface area contributed by atoms with E-state index in [1.807, 2.05) is 4.90 Å². The van der Waals surface area contributed by atoms with Gasteiger partial charge in [-0.25, -0.2) is 0 Å². The van der Waals surface area contributed by atoms with Crippen molar-refractivity contribution >= 4 is 17.9 Å². The van der Waals surface area contributed by atoms with Crippen molar-refractivity contribution in [3.8, 4) is 0 Å². The first kappa shape index (κ1) is 20.4. The predicted molar refractivity (Wildman–Crippen MR) is 80.2 cm³/mol. The first-order chi connectivity index (χ1) is 10.5. The molecule has 0 aliphatic heterocycles. The number of rotatable bonds is 12. The van der Waals surface area contributed by atoms with E-state index >= 15 is 0 Å². The Morgan fingerprint density at radius 1 is 0.636 bits per heavy atom. The lowest BCUT2D eigenvalue weighted by Crippen LogP contribution is -2.32. The average molecular weight is 317 g/mol. The lowest BCUT2D eigenvalue weighted by molar-refractivity contribution is -0.143. The molecule has 22 heavy (non-hydrogen) atoms. The van der Waals surface area contributed by atoms with Gasteiger partial charge in [-0.2, -0.15) is 0 Å². The largest absolute Gasteiger partial charge is 0.466 e. The summed E-state index contributed by atoms with van der Waals surface area (Å²) < 4.78 is 14.6. The molecule has 0 aliphatic carbocycles. The first-order valence-corrected chi connectivity index (χ1v) is 7.72. The normalized spacial score (nSPS) is 10.4. The molecule has 0 radical (unpaired) electrons. The summed E-state index contributed by atoms with van der Waals surface area (Å²) in [5, 5.41) is 0.